The molecular weight excluding hydrogens is 300 g/mol. The van der Waals surface area contributed by atoms with Crippen LogP contribution in [-0.4, -0.2) is 40.1 Å². The summed E-state index contributed by atoms with van der Waals surface area (Å²) in [4.78, 5) is 15.0. The van der Waals surface area contributed by atoms with Gasteiger partial charge < -0.3 is 10.2 Å². The molecule has 1 aromatic heterocycles. The number of fused-ring (bicyclic) bond motifs is 1. The molecule has 0 spiro atoms. The third-order valence-electron chi connectivity index (χ3n) is 4.64. The molecule has 1 fully saturated rings. The highest BCUT2D eigenvalue weighted by Gasteiger charge is 2.31. The Balaban J connectivity index is 0.00000176. The number of rotatable bonds is 3. The highest BCUT2D eigenvalue weighted by Crippen LogP contribution is 2.26. The Morgan fingerprint density at radius 2 is 2.23 bits per heavy atom. The van der Waals surface area contributed by atoms with Gasteiger partial charge >= 0.3 is 0 Å². The van der Waals surface area contributed by atoms with E-state index >= 15 is 0 Å². The summed E-state index contributed by atoms with van der Waals surface area (Å²) in [7, 11) is 0. The van der Waals surface area contributed by atoms with Gasteiger partial charge in [0, 0.05) is 43.4 Å². The Bertz CT molecular complexity index is 514. The quantitative estimate of drug-likeness (QED) is 0.897. The number of H-pyrrole nitrogens is 1. The highest BCUT2D eigenvalue weighted by molar-refractivity contribution is 5.94. The number of nitrogens with zero attached hydrogens (tertiary/aromatic N) is 2. The molecule has 1 aromatic rings. The van der Waals surface area contributed by atoms with Crippen LogP contribution in [0, 0.1) is 5.92 Å². The van der Waals surface area contributed by atoms with E-state index in [-0.39, 0.29) is 18.3 Å². The van der Waals surface area contributed by atoms with Crippen molar-refractivity contribution in [1.82, 2.24) is 20.4 Å². The summed E-state index contributed by atoms with van der Waals surface area (Å²) in [5.74, 6) is 0.750. The minimum atomic E-state index is 0. The van der Waals surface area contributed by atoms with Gasteiger partial charge in [-0.15, -0.1) is 12.4 Å². The van der Waals surface area contributed by atoms with Crippen LogP contribution >= 0.6 is 12.4 Å². The molecule has 2 aliphatic rings. The van der Waals surface area contributed by atoms with E-state index in [4.69, 9.17) is 0 Å². The van der Waals surface area contributed by atoms with Gasteiger partial charge in [0.25, 0.3) is 5.91 Å². The zero-order valence-corrected chi connectivity index (χ0v) is 14.3. The number of likely N-dealkylation sites (tertiary alicyclic amines) is 1. The number of amides is 1. The zero-order chi connectivity index (χ0) is 14.8. The lowest BCUT2D eigenvalue weighted by Gasteiger charge is -2.36. The number of halogens is 1. The fourth-order valence-corrected chi connectivity index (χ4v) is 3.60. The van der Waals surface area contributed by atoms with E-state index in [0.29, 0.717) is 17.7 Å². The van der Waals surface area contributed by atoms with Crippen molar-refractivity contribution in [2.75, 3.05) is 13.1 Å². The summed E-state index contributed by atoms with van der Waals surface area (Å²) in [5.41, 5.74) is 2.86. The van der Waals surface area contributed by atoms with E-state index in [1.807, 2.05) is 0 Å². The first-order valence-electron chi connectivity index (χ1n) is 8.24. The van der Waals surface area contributed by atoms with Crippen molar-refractivity contribution in [1.29, 1.82) is 0 Å². The average molecular weight is 327 g/mol. The van der Waals surface area contributed by atoms with Crippen molar-refractivity contribution >= 4 is 18.3 Å². The number of nitrogens with one attached hydrogen (secondary N) is 2. The van der Waals surface area contributed by atoms with Crippen LogP contribution in [0.5, 0.6) is 0 Å². The molecule has 0 radical (unpaired) electrons. The lowest BCUT2D eigenvalue weighted by Crippen LogP contribution is -2.45. The van der Waals surface area contributed by atoms with Gasteiger partial charge in [0.2, 0.25) is 0 Å². The Hall–Kier alpha value is -1.07. The van der Waals surface area contributed by atoms with Gasteiger partial charge in [-0.3, -0.25) is 9.89 Å². The molecule has 1 atom stereocenters. The molecule has 1 unspecified atom stereocenters. The lowest BCUT2D eigenvalue weighted by atomic mass is 9.93. The monoisotopic (exact) mass is 326 g/mol. The van der Waals surface area contributed by atoms with Gasteiger partial charge in [-0.1, -0.05) is 13.8 Å². The van der Waals surface area contributed by atoms with Gasteiger partial charge in [-0.05, 0) is 31.6 Å². The molecule has 2 aliphatic heterocycles. The highest BCUT2D eigenvalue weighted by atomic mass is 35.5. The van der Waals surface area contributed by atoms with Crippen LogP contribution in [0.25, 0.3) is 0 Å². The first-order valence-corrected chi connectivity index (χ1v) is 8.24. The smallest absolute Gasteiger partial charge is 0.274 e. The summed E-state index contributed by atoms with van der Waals surface area (Å²) in [6.07, 6.45) is 5.52. The van der Waals surface area contributed by atoms with Crippen LogP contribution < -0.4 is 5.32 Å². The maximum absolute atomic E-state index is 12.9. The summed E-state index contributed by atoms with van der Waals surface area (Å²) < 4.78 is 0. The van der Waals surface area contributed by atoms with E-state index in [9.17, 15) is 4.79 Å². The van der Waals surface area contributed by atoms with E-state index in [1.165, 1.54) is 6.42 Å². The lowest BCUT2D eigenvalue weighted by molar-refractivity contribution is 0.0577. The van der Waals surface area contributed by atoms with Crippen molar-refractivity contribution in [3.05, 3.63) is 17.0 Å². The standard InChI is InChI=1S/C16H26N4O.ClH/c1-11(2)9-12-5-3-4-8-20(12)16(21)15-13-10-17-7-6-14(13)18-19-15;/h11-12,17H,3-10H2,1-2H3,(H,18,19);1H. The molecule has 6 heteroatoms. The Labute approximate surface area is 138 Å². The summed E-state index contributed by atoms with van der Waals surface area (Å²) >= 11 is 0. The predicted molar refractivity (Wildman–Crippen MR) is 89.4 cm³/mol. The fraction of sp³-hybridized carbons (Fsp3) is 0.750. The average Bonchev–Trinajstić information content (AvgIpc) is 2.90. The van der Waals surface area contributed by atoms with Gasteiger partial charge in [0.15, 0.2) is 5.69 Å². The number of hydrogen-bond acceptors (Lipinski definition) is 3. The molecule has 0 aliphatic carbocycles. The Morgan fingerprint density at radius 3 is 3.00 bits per heavy atom. The van der Waals surface area contributed by atoms with E-state index < -0.39 is 0 Å². The van der Waals surface area contributed by atoms with Crippen molar-refractivity contribution in [2.45, 2.75) is 58.5 Å². The first kappa shape index (κ1) is 17.3. The molecule has 0 bridgehead atoms. The molecule has 2 N–H and O–H groups in total. The maximum Gasteiger partial charge on any atom is 0.274 e. The zero-order valence-electron chi connectivity index (χ0n) is 13.5. The SMILES string of the molecule is CC(C)CC1CCCCN1C(=O)c1n[nH]c2c1CNCC2.Cl. The number of aromatic nitrogens is 2. The van der Waals surface area contributed by atoms with Gasteiger partial charge in [0.1, 0.15) is 0 Å². The first-order chi connectivity index (χ1) is 10.2. The summed E-state index contributed by atoms with van der Waals surface area (Å²) in [6.45, 7) is 7.07. The molecule has 5 nitrogen and oxygen atoms in total. The normalized spacial score (nSPS) is 21.4. The molecule has 3 heterocycles. The van der Waals surface area contributed by atoms with Crippen LogP contribution in [0.2, 0.25) is 0 Å². The Morgan fingerprint density at radius 1 is 1.41 bits per heavy atom. The van der Waals surface area contributed by atoms with Gasteiger partial charge in [0.05, 0.1) is 0 Å². The van der Waals surface area contributed by atoms with Crippen molar-refractivity contribution < 1.29 is 4.79 Å². The number of aromatic amines is 1. The minimum Gasteiger partial charge on any atom is -0.334 e. The van der Waals surface area contributed by atoms with E-state index in [2.05, 4.69) is 34.3 Å². The molecular formula is C16H27ClN4O. The second-order valence-electron chi connectivity index (χ2n) is 6.73. The number of carbonyl (C=O) groups is 1. The largest absolute Gasteiger partial charge is 0.334 e. The molecule has 3 rings (SSSR count). The third-order valence-corrected chi connectivity index (χ3v) is 4.64. The van der Waals surface area contributed by atoms with Crippen molar-refractivity contribution in [2.24, 2.45) is 5.92 Å². The third kappa shape index (κ3) is 3.46. The number of piperidine rings is 1. The minimum absolute atomic E-state index is 0. The van der Waals surface area contributed by atoms with Crippen molar-refractivity contribution in [3.63, 3.8) is 0 Å². The van der Waals surface area contributed by atoms with E-state index in [1.54, 1.807) is 0 Å². The molecule has 0 aromatic carbocycles. The second-order valence-corrected chi connectivity index (χ2v) is 6.73. The number of hydrogen-bond donors (Lipinski definition) is 2. The number of carbonyl (C=O) groups excluding carboxylic acids is 1. The van der Waals surface area contributed by atoms with E-state index in [0.717, 1.165) is 56.6 Å². The van der Waals surface area contributed by atoms with Crippen LogP contribution in [-0.2, 0) is 13.0 Å². The fourth-order valence-electron chi connectivity index (χ4n) is 3.60. The summed E-state index contributed by atoms with van der Waals surface area (Å²) in [6, 6.07) is 0.384. The van der Waals surface area contributed by atoms with Gasteiger partial charge in [-0.25, -0.2) is 0 Å². The second kappa shape index (κ2) is 7.47. The van der Waals surface area contributed by atoms with Crippen molar-refractivity contribution in [3.8, 4) is 0 Å². The van der Waals surface area contributed by atoms with Crippen LogP contribution in [0.3, 0.4) is 0 Å². The molecule has 22 heavy (non-hydrogen) atoms. The van der Waals surface area contributed by atoms with Crippen LogP contribution in [0.4, 0.5) is 0 Å². The molecule has 124 valence electrons. The van der Waals surface area contributed by atoms with Crippen LogP contribution in [0.15, 0.2) is 0 Å². The topological polar surface area (TPSA) is 61.0 Å². The Kier molecular flexibility index (Phi) is 5.87. The molecule has 0 saturated carbocycles. The van der Waals surface area contributed by atoms with Crippen LogP contribution in [0.1, 0.15) is 61.3 Å². The molecule has 1 saturated heterocycles. The predicted octanol–water partition coefficient (Wildman–Crippen LogP) is 2.52. The summed E-state index contributed by atoms with van der Waals surface area (Å²) in [5, 5.41) is 10.7. The maximum atomic E-state index is 12.9. The van der Waals surface area contributed by atoms with Gasteiger partial charge in [-0.2, -0.15) is 5.10 Å². The molecule has 1 amide bonds.